The molecule has 1 N–H and O–H groups in total. The van der Waals surface area contributed by atoms with Gasteiger partial charge in [-0.05, 0) is 61.5 Å². The summed E-state index contributed by atoms with van der Waals surface area (Å²) in [5.74, 6) is 0.807. The number of hydrogen-bond acceptors (Lipinski definition) is 6. The molecule has 0 bridgehead atoms. The van der Waals surface area contributed by atoms with Crippen molar-refractivity contribution in [1.82, 2.24) is 0 Å². The molecule has 8 heteroatoms. The zero-order valence-electron chi connectivity index (χ0n) is 21.3. The molecule has 2 heterocycles. The van der Waals surface area contributed by atoms with Crippen LogP contribution in [0.15, 0.2) is 45.9 Å². The third kappa shape index (κ3) is 4.21. The molecule has 0 radical (unpaired) electrons. The van der Waals surface area contributed by atoms with E-state index in [2.05, 4.69) is 0 Å². The van der Waals surface area contributed by atoms with Crippen molar-refractivity contribution >= 4 is 25.5 Å². The number of carbonyl (C=O) groups is 1. The van der Waals surface area contributed by atoms with Crippen molar-refractivity contribution in [1.29, 1.82) is 0 Å². The summed E-state index contributed by atoms with van der Waals surface area (Å²) in [6, 6.07) is 0. The minimum absolute atomic E-state index is 0.00311. The van der Waals surface area contributed by atoms with Crippen LogP contribution in [0.5, 0.6) is 0 Å². The van der Waals surface area contributed by atoms with Gasteiger partial charge in [0.15, 0.2) is 25.5 Å². The first-order valence-electron chi connectivity index (χ1n) is 14.2. The van der Waals surface area contributed by atoms with Crippen molar-refractivity contribution in [3.05, 3.63) is 45.9 Å². The van der Waals surface area contributed by atoms with E-state index >= 15 is 0 Å². The lowest BCUT2D eigenvalue weighted by molar-refractivity contribution is -0.119. The number of ketones is 1. The molecule has 1 saturated heterocycles. The Morgan fingerprint density at radius 1 is 0.649 bits per heavy atom. The van der Waals surface area contributed by atoms with Crippen LogP contribution in [-0.4, -0.2) is 38.2 Å². The van der Waals surface area contributed by atoms with E-state index in [4.69, 9.17) is 0 Å². The highest BCUT2D eigenvalue weighted by Gasteiger charge is 2.55. The molecule has 6 rings (SSSR count). The fraction of sp³-hybridized carbons (Fsp3) is 0.690. The minimum atomic E-state index is -3.65. The van der Waals surface area contributed by atoms with Crippen LogP contribution in [0.2, 0.25) is 0 Å². The first-order chi connectivity index (χ1) is 17.7. The predicted molar refractivity (Wildman–Crippen MR) is 143 cm³/mol. The van der Waals surface area contributed by atoms with Crippen molar-refractivity contribution in [2.75, 3.05) is 0 Å². The van der Waals surface area contributed by atoms with Gasteiger partial charge in [-0.2, -0.15) is 0 Å². The number of aliphatic hydroxyl groups excluding tert-OH is 1. The van der Waals surface area contributed by atoms with Gasteiger partial charge in [0.2, 0.25) is 0 Å². The fourth-order valence-corrected chi connectivity index (χ4v) is 13.0. The maximum absolute atomic E-state index is 13.2. The van der Waals surface area contributed by atoms with E-state index in [1.165, 1.54) is 37.1 Å². The average molecular weight is 547 g/mol. The van der Waals surface area contributed by atoms with E-state index in [0.29, 0.717) is 42.9 Å². The molecule has 5 fully saturated rings. The van der Waals surface area contributed by atoms with Crippen LogP contribution in [0.25, 0.3) is 0 Å². The van der Waals surface area contributed by atoms with E-state index in [1.54, 1.807) is 6.08 Å². The number of carbonyl (C=O) groups excluding carboxylic acids is 1. The number of sulfone groups is 2. The van der Waals surface area contributed by atoms with Gasteiger partial charge in [0, 0.05) is 11.8 Å². The number of rotatable bonds is 3. The average Bonchev–Trinajstić information content (AvgIpc) is 3.19. The summed E-state index contributed by atoms with van der Waals surface area (Å²) < 4.78 is 52.9. The Hall–Kier alpha value is -1.67. The molecule has 2 aliphatic heterocycles. The predicted octanol–water partition coefficient (Wildman–Crippen LogP) is 5.35. The Morgan fingerprint density at radius 3 is 1.76 bits per heavy atom. The Morgan fingerprint density at radius 2 is 1.16 bits per heavy atom. The summed E-state index contributed by atoms with van der Waals surface area (Å²) in [7, 11) is -7.25. The number of fused-ring (bicyclic) bond motifs is 4. The third-order valence-corrected chi connectivity index (χ3v) is 15.1. The Bertz CT molecular complexity index is 1300. The molecule has 0 aromatic heterocycles. The molecule has 4 saturated carbocycles. The van der Waals surface area contributed by atoms with Gasteiger partial charge in [0.1, 0.15) is 15.6 Å². The van der Waals surface area contributed by atoms with E-state index in [1.807, 2.05) is 0 Å². The molecule has 4 aliphatic carbocycles. The molecular formula is C29H38O6S2. The molecule has 0 amide bonds. The van der Waals surface area contributed by atoms with Gasteiger partial charge in [-0.25, -0.2) is 16.8 Å². The molecule has 6 aliphatic rings. The highest BCUT2D eigenvalue weighted by molar-refractivity contribution is 7.97. The van der Waals surface area contributed by atoms with Crippen LogP contribution in [0.1, 0.15) is 77.0 Å². The molecule has 8 unspecified atom stereocenters. The number of allylic oxidation sites excluding steroid dienone is 7. The van der Waals surface area contributed by atoms with E-state index in [9.17, 15) is 26.7 Å². The van der Waals surface area contributed by atoms with Crippen molar-refractivity contribution in [2.24, 2.45) is 35.5 Å². The van der Waals surface area contributed by atoms with Crippen LogP contribution in [0.3, 0.4) is 0 Å². The second-order valence-corrected chi connectivity index (χ2v) is 16.6. The molecule has 0 aromatic carbocycles. The van der Waals surface area contributed by atoms with Gasteiger partial charge in [-0.3, -0.25) is 4.79 Å². The second-order valence-electron chi connectivity index (χ2n) is 12.3. The van der Waals surface area contributed by atoms with Crippen molar-refractivity contribution < 1.29 is 26.7 Å². The lowest BCUT2D eigenvalue weighted by atomic mass is 9.66. The molecule has 202 valence electrons. The maximum atomic E-state index is 13.2. The van der Waals surface area contributed by atoms with Crippen LogP contribution < -0.4 is 0 Å². The van der Waals surface area contributed by atoms with Gasteiger partial charge in [-0.15, -0.1) is 0 Å². The zero-order valence-corrected chi connectivity index (χ0v) is 22.9. The van der Waals surface area contributed by atoms with Gasteiger partial charge < -0.3 is 5.11 Å². The highest BCUT2D eigenvalue weighted by Crippen LogP contribution is 2.52. The molecule has 0 aromatic rings. The Balaban J connectivity index is 1.18. The first kappa shape index (κ1) is 25.6. The van der Waals surface area contributed by atoms with Gasteiger partial charge in [0.25, 0.3) is 0 Å². The highest BCUT2D eigenvalue weighted by atomic mass is 32.2. The summed E-state index contributed by atoms with van der Waals surface area (Å²) >= 11 is 0. The number of hydrogen-bond donors (Lipinski definition) is 1. The Labute approximate surface area is 220 Å². The maximum Gasteiger partial charge on any atom is 0.185 e. The molecule has 37 heavy (non-hydrogen) atoms. The minimum Gasteiger partial charge on any atom is -0.511 e. The largest absolute Gasteiger partial charge is 0.511 e. The van der Waals surface area contributed by atoms with E-state index in [0.717, 1.165) is 44.9 Å². The van der Waals surface area contributed by atoms with Crippen LogP contribution in [0.4, 0.5) is 0 Å². The summed E-state index contributed by atoms with van der Waals surface area (Å²) in [6.45, 7) is 0. The lowest BCUT2D eigenvalue weighted by Crippen LogP contribution is -2.38. The summed E-state index contributed by atoms with van der Waals surface area (Å²) in [4.78, 5) is 13.0. The van der Waals surface area contributed by atoms with Crippen molar-refractivity contribution in [3.8, 4) is 0 Å². The van der Waals surface area contributed by atoms with Crippen LogP contribution in [-0.2, 0) is 24.5 Å². The molecule has 0 spiro atoms. The quantitative estimate of drug-likeness (QED) is 0.378. The van der Waals surface area contributed by atoms with E-state index in [-0.39, 0.29) is 27.3 Å². The van der Waals surface area contributed by atoms with E-state index < -0.39 is 36.1 Å². The lowest BCUT2D eigenvalue weighted by Gasteiger charge is -2.40. The van der Waals surface area contributed by atoms with Crippen molar-refractivity contribution in [2.45, 2.75) is 87.5 Å². The topological polar surface area (TPSA) is 106 Å². The van der Waals surface area contributed by atoms with Crippen molar-refractivity contribution in [3.63, 3.8) is 0 Å². The summed E-state index contributed by atoms with van der Waals surface area (Å²) in [5, 5.41) is 9.71. The standard InChI is InChI=1S/C29H38O6S2/c30-28-22-14-18-8-4-6-10-20(18)16-26(22)36(32,33)24(28)12-2-1-3-13-25-29(31)23-15-19-9-5-7-11-21(19)17-27(23)37(25,34)35/h1-3,12-13,18-23,26-27,30H,4-11,14-17H2. The molecular weight excluding hydrogens is 508 g/mol. The number of aliphatic hydroxyl groups is 1. The SMILES string of the molecule is O=C1C(=CC=CC=CC2=C(O)C3CC4CCCCC4CC3S2(=O)=O)S(=O)(=O)C2CC3CCCCC3CC12. The smallest absolute Gasteiger partial charge is 0.185 e. The summed E-state index contributed by atoms with van der Waals surface area (Å²) in [5.41, 5.74) is 0. The fourth-order valence-electron chi connectivity index (χ4n) is 8.63. The Kier molecular flexibility index (Phi) is 6.58. The van der Waals surface area contributed by atoms with Gasteiger partial charge in [-0.1, -0.05) is 69.6 Å². The molecule has 6 nitrogen and oxygen atoms in total. The van der Waals surface area contributed by atoms with Crippen LogP contribution in [0, 0.1) is 35.5 Å². The molecule has 8 atom stereocenters. The van der Waals surface area contributed by atoms with Gasteiger partial charge in [0.05, 0.1) is 10.5 Å². The van der Waals surface area contributed by atoms with Gasteiger partial charge >= 0.3 is 0 Å². The monoisotopic (exact) mass is 546 g/mol. The zero-order chi connectivity index (χ0) is 25.9. The normalized spacial score (nSPS) is 43.7. The van der Waals surface area contributed by atoms with Crippen LogP contribution >= 0.6 is 0 Å². The summed E-state index contributed by atoms with van der Waals surface area (Å²) in [6.07, 6.45) is 19.1. The third-order valence-electron chi connectivity index (χ3n) is 10.5. The first-order valence-corrected chi connectivity index (χ1v) is 17.3. The number of Topliss-reactive ketones (excluding diaryl/α,β-unsaturated/α-hetero) is 1. The second kappa shape index (κ2) is 9.51.